The summed E-state index contributed by atoms with van der Waals surface area (Å²) in [4.78, 5) is 12.1. The van der Waals surface area contributed by atoms with Crippen LogP contribution in [0.4, 0.5) is 4.39 Å². The molecule has 2 nitrogen and oxygen atoms in total. The summed E-state index contributed by atoms with van der Waals surface area (Å²) < 4.78 is 14.1. The minimum Gasteiger partial charge on any atom is -0.481 e. The summed E-state index contributed by atoms with van der Waals surface area (Å²) in [6.07, 6.45) is 2.06. The highest BCUT2D eigenvalue weighted by Crippen LogP contribution is 2.38. The number of thiophene rings is 1. The van der Waals surface area contributed by atoms with Gasteiger partial charge in [0.15, 0.2) is 0 Å². The van der Waals surface area contributed by atoms with Gasteiger partial charge in [0.2, 0.25) is 0 Å². The standard InChI is InChI=1S/C13H11FO2S/c14-8-2-4-10-9-3-1-7(13(15)16)5-11(9)17-12(10)6-8/h2,4,6-7H,1,3,5H2,(H,15,16)/t7-/m1/s1. The molecule has 1 aromatic carbocycles. The van der Waals surface area contributed by atoms with Crippen LogP contribution < -0.4 is 0 Å². The summed E-state index contributed by atoms with van der Waals surface area (Å²) in [5.74, 6) is -1.23. The van der Waals surface area contributed by atoms with Crippen molar-refractivity contribution in [1.29, 1.82) is 0 Å². The quantitative estimate of drug-likeness (QED) is 0.843. The van der Waals surface area contributed by atoms with Crippen LogP contribution >= 0.6 is 11.3 Å². The molecule has 1 aromatic heterocycles. The van der Waals surface area contributed by atoms with E-state index < -0.39 is 5.97 Å². The molecular weight excluding hydrogens is 239 g/mol. The van der Waals surface area contributed by atoms with Crippen molar-refractivity contribution in [2.24, 2.45) is 5.92 Å². The molecule has 1 aliphatic rings. The van der Waals surface area contributed by atoms with Crippen molar-refractivity contribution >= 4 is 27.4 Å². The number of fused-ring (bicyclic) bond motifs is 3. The zero-order valence-electron chi connectivity index (χ0n) is 9.07. The van der Waals surface area contributed by atoms with Crippen LogP contribution in [-0.4, -0.2) is 11.1 Å². The van der Waals surface area contributed by atoms with E-state index in [2.05, 4.69) is 0 Å². The average Bonchev–Trinajstić information content (AvgIpc) is 2.64. The Kier molecular flexibility index (Phi) is 2.40. The summed E-state index contributed by atoms with van der Waals surface area (Å²) in [6, 6.07) is 4.81. The monoisotopic (exact) mass is 250 g/mol. The van der Waals surface area contributed by atoms with Gasteiger partial charge in [0.1, 0.15) is 5.82 Å². The molecule has 3 rings (SSSR count). The Morgan fingerprint density at radius 3 is 3.06 bits per heavy atom. The lowest BCUT2D eigenvalue weighted by atomic mass is 9.88. The van der Waals surface area contributed by atoms with E-state index in [1.165, 1.54) is 29.0 Å². The van der Waals surface area contributed by atoms with Crippen molar-refractivity contribution in [1.82, 2.24) is 0 Å². The number of hydrogen-bond donors (Lipinski definition) is 1. The van der Waals surface area contributed by atoms with Crippen LogP contribution in [0.15, 0.2) is 18.2 Å². The summed E-state index contributed by atoms with van der Waals surface area (Å²) in [5.41, 5.74) is 1.22. The Morgan fingerprint density at radius 1 is 1.47 bits per heavy atom. The Balaban J connectivity index is 2.09. The fourth-order valence-electron chi connectivity index (χ4n) is 2.47. The van der Waals surface area contributed by atoms with Gasteiger partial charge in [0.25, 0.3) is 0 Å². The number of carboxylic acids is 1. The van der Waals surface area contributed by atoms with Gasteiger partial charge < -0.3 is 5.11 Å². The molecule has 0 saturated carbocycles. The van der Waals surface area contributed by atoms with Gasteiger partial charge in [-0.2, -0.15) is 0 Å². The maximum absolute atomic E-state index is 13.1. The molecule has 1 atom stereocenters. The molecule has 0 saturated heterocycles. The van der Waals surface area contributed by atoms with E-state index in [0.717, 1.165) is 21.4 Å². The minimum atomic E-state index is -0.723. The van der Waals surface area contributed by atoms with Crippen molar-refractivity contribution in [3.8, 4) is 0 Å². The van der Waals surface area contributed by atoms with E-state index in [1.54, 1.807) is 6.07 Å². The van der Waals surface area contributed by atoms with Crippen LogP contribution in [0.5, 0.6) is 0 Å². The number of aliphatic carboxylic acids is 1. The van der Waals surface area contributed by atoms with E-state index in [4.69, 9.17) is 5.11 Å². The average molecular weight is 250 g/mol. The number of carbonyl (C=O) groups is 1. The van der Waals surface area contributed by atoms with Crippen LogP contribution in [0.1, 0.15) is 16.9 Å². The number of carboxylic acid groups (broad SMARTS) is 1. The molecular formula is C13H11FO2S. The largest absolute Gasteiger partial charge is 0.481 e. The molecule has 2 aromatic rings. The molecule has 4 heteroatoms. The van der Waals surface area contributed by atoms with Gasteiger partial charge in [-0.1, -0.05) is 6.07 Å². The molecule has 88 valence electrons. The Labute approximate surface area is 102 Å². The Hall–Kier alpha value is -1.42. The number of halogens is 1. The van der Waals surface area contributed by atoms with Crippen LogP contribution in [0, 0.1) is 11.7 Å². The molecule has 0 fully saturated rings. The highest BCUT2D eigenvalue weighted by molar-refractivity contribution is 7.19. The number of rotatable bonds is 1. The van der Waals surface area contributed by atoms with Crippen molar-refractivity contribution in [3.63, 3.8) is 0 Å². The van der Waals surface area contributed by atoms with E-state index in [-0.39, 0.29) is 11.7 Å². The van der Waals surface area contributed by atoms with Crippen LogP contribution in [-0.2, 0) is 17.6 Å². The maximum atomic E-state index is 13.1. The topological polar surface area (TPSA) is 37.3 Å². The highest BCUT2D eigenvalue weighted by atomic mass is 32.1. The minimum absolute atomic E-state index is 0.231. The fourth-order valence-corrected chi connectivity index (χ4v) is 3.83. The third kappa shape index (κ3) is 1.72. The third-order valence-corrected chi connectivity index (χ3v) is 4.58. The molecule has 0 spiro atoms. The van der Waals surface area contributed by atoms with Crippen molar-refractivity contribution < 1.29 is 14.3 Å². The zero-order valence-corrected chi connectivity index (χ0v) is 9.89. The third-order valence-electron chi connectivity index (χ3n) is 3.36. The molecule has 0 bridgehead atoms. The molecule has 1 N–H and O–H groups in total. The first-order valence-electron chi connectivity index (χ1n) is 5.58. The summed E-state index contributed by atoms with van der Waals surface area (Å²) in [5, 5.41) is 10.1. The number of benzene rings is 1. The lowest BCUT2D eigenvalue weighted by molar-refractivity contribution is -0.142. The first-order chi connectivity index (χ1) is 8.15. The molecule has 1 heterocycles. The van der Waals surface area contributed by atoms with Gasteiger partial charge in [-0.3, -0.25) is 4.79 Å². The van der Waals surface area contributed by atoms with Crippen molar-refractivity contribution in [3.05, 3.63) is 34.5 Å². The molecule has 1 aliphatic carbocycles. The molecule has 17 heavy (non-hydrogen) atoms. The van der Waals surface area contributed by atoms with E-state index in [9.17, 15) is 9.18 Å². The molecule has 0 aliphatic heterocycles. The normalized spacial score (nSPS) is 19.2. The fraction of sp³-hybridized carbons (Fsp3) is 0.308. The van der Waals surface area contributed by atoms with Crippen LogP contribution in [0.25, 0.3) is 10.1 Å². The Bertz CT molecular complexity index is 603. The lowest BCUT2D eigenvalue weighted by Crippen LogP contribution is -2.20. The lowest BCUT2D eigenvalue weighted by Gasteiger charge is -2.18. The van der Waals surface area contributed by atoms with Gasteiger partial charge in [-0.05, 0) is 42.3 Å². The predicted molar refractivity (Wildman–Crippen MR) is 64.9 cm³/mol. The zero-order chi connectivity index (χ0) is 12.0. The van der Waals surface area contributed by atoms with E-state index in [0.29, 0.717) is 12.8 Å². The predicted octanol–water partition coefficient (Wildman–Crippen LogP) is 3.23. The molecule has 0 amide bonds. The van der Waals surface area contributed by atoms with Crippen LogP contribution in [0.3, 0.4) is 0 Å². The number of aryl methyl sites for hydroxylation is 1. The molecule has 0 radical (unpaired) electrons. The van der Waals surface area contributed by atoms with Gasteiger partial charge in [-0.15, -0.1) is 11.3 Å². The number of hydrogen-bond acceptors (Lipinski definition) is 2. The second-order valence-corrected chi connectivity index (χ2v) is 5.56. The maximum Gasteiger partial charge on any atom is 0.306 e. The first-order valence-corrected chi connectivity index (χ1v) is 6.39. The van der Waals surface area contributed by atoms with Gasteiger partial charge in [-0.25, -0.2) is 4.39 Å². The second kappa shape index (κ2) is 3.81. The van der Waals surface area contributed by atoms with Crippen molar-refractivity contribution in [2.75, 3.05) is 0 Å². The van der Waals surface area contributed by atoms with Crippen LogP contribution in [0.2, 0.25) is 0 Å². The smallest absolute Gasteiger partial charge is 0.306 e. The summed E-state index contributed by atoms with van der Waals surface area (Å²) in [7, 11) is 0. The van der Waals surface area contributed by atoms with Crippen molar-refractivity contribution in [2.45, 2.75) is 19.3 Å². The SMILES string of the molecule is O=C(O)[C@@H]1CCc2c(sc3cc(F)ccc23)C1. The highest BCUT2D eigenvalue weighted by Gasteiger charge is 2.27. The van der Waals surface area contributed by atoms with E-state index in [1.807, 2.05) is 0 Å². The summed E-state index contributed by atoms with van der Waals surface area (Å²) in [6.45, 7) is 0. The van der Waals surface area contributed by atoms with Gasteiger partial charge in [0, 0.05) is 9.58 Å². The summed E-state index contributed by atoms with van der Waals surface area (Å²) >= 11 is 1.53. The first kappa shape index (κ1) is 10.7. The van der Waals surface area contributed by atoms with E-state index >= 15 is 0 Å². The second-order valence-electron chi connectivity index (χ2n) is 4.42. The van der Waals surface area contributed by atoms with Gasteiger partial charge in [0.05, 0.1) is 5.92 Å². The van der Waals surface area contributed by atoms with Gasteiger partial charge >= 0.3 is 5.97 Å². The Morgan fingerprint density at radius 2 is 2.29 bits per heavy atom. The molecule has 0 unspecified atom stereocenters.